The molecule has 0 saturated heterocycles. The Balaban J connectivity index is 2.78. The number of aryl methyl sites for hydroxylation is 2. The van der Waals surface area contributed by atoms with E-state index in [9.17, 15) is 9.59 Å². The molecule has 0 aliphatic heterocycles. The number of anilines is 1. The Morgan fingerprint density at radius 2 is 2.05 bits per heavy atom. The first-order valence-corrected chi connectivity index (χ1v) is 6.49. The lowest BCUT2D eigenvalue weighted by molar-refractivity contribution is -0.139. The molecule has 1 unspecified atom stereocenters. The lowest BCUT2D eigenvalue weighted by Gasteiger charge is -2.17. The fourth-order valence-corrected chi connectivity index (χ4v) is 1.90. The molecule has 0 spiro atoms. The molecule has 0 fully saturated rings. The minimum atomic E-state index is -1.17. The van der Waals surface area contributed by atoms with Gasteiger partial charge in [-0.2, -0.15) is 0 Å². The zero-order chi connectivity index (χ0) is 15.1. The molecule has 0 heterocycles. The lowest BCUT2D eigenvalue weighted by atomic mass is 10.1. The van der Waals surface area contributed by atoms with Crippen molar-refractivity contribution in [3.63, 3.8) is 0 Å². The third-order valence-corrected chi connectivity index (χ3v) is 3.00. The van der Waals surface area contributed by atoms with Gasteiger partial charge in [-0.1, -0.05) is 25.1 Å². The number of aliphatic hydroxyl groups excluding tert-OH is 1. The summed E-state index contributed by atoms with van der Waals surface area (Å²) in [7, 11) is 0. The van der Waals surface area contributed by atoms with Crippen molar-refractivity contribution in [2.45, 2.75) is 32.7 Å². The predicted molar refractivity (Wildman–Crippen MR) is 75.8 cm³/mol. The summed E-state index contributed by atoms with van der Waals surface area (Å²) in [6.07, 6.45) is 0.730. The Hall–Kier alpha value is -2.08. The van der Waals surface area contributed by atoms with E-state index in [4.69, 9.17) is 10.2 Å². The van der Waals surface area contributed by atoms with Crippen molar-refractivity contribution < 1.29 is 19.8 Å². The van der Waals surface area contributed by atoms with Crippen LogP contribution in [0.15, 0.2) is 18.2 Å². The van der Waals surface area contributed by atoms with Crippen LogP contribution in [-0.2, 0) is 11.2 Å². The summed E-state index contributed by atoms with van der Waals surface area (Å²) in [6.45, 7) is 3.54. The first-order chi connectivity index (χ1) is 9.49. The second-order valence-electron chi connectivity index (χ2n) is 4.46. The number of carboxylic acid groups (broad SMARTS) is 1. The van der Waals surface area contributed by atoms with Gasteiger partial charge in [0.25, 0.3) is 0 Å². The number of hydrogen-bond donors (Lipinski definition) is 4. The number of aliphatic carboxylic acids is 1. The van der Waals surface area contributed by atoms with Crippen LogP contribution < -0.4 is 10.6 Å². The molecule has 6 heteroatoms. The summed E-state index contributed by atoms with van der Waals surface area (Å²) in [4.78, 5) is 22.8. The molecular formula is C14H20N2O4. The van der Waals surface area contributed by atoms with Gasteiger partial charge in [0.15, 0.2) is 0 Å². The average Bonchev–Trinajstić information content (AvgIpc) is 2.40. The van der Waals surface area contributed by atoms with Gasteiger partial charge < -0.3 is 20.8 Å². The van der Waals surface area contributed by atoms with Gasteiger partial charge in [-0.25, -0.2) is 9.59 Å². The van der Waals surface area contributed by atoms with Gasteiger partial charge in [-0.3, -0.25) is 0 Å². The predicted octanol–water partition coefficient (Wildman–Crippen LogP) is 1.51. The van der Waals surface area contributed by atoms with Gasteiger partial charge in [0.2, 0.25) is 0 Å². The summed E-state index contributed by atoms with van der Waals surface area (Å²) in [5.41, 5.74) is 2.59. The van der Waals surface area contributed by atoms with Gasteiger partial charge in [-0.05, 0) is 24.5 Å². The molecule has 1 aromatic rings. The van der Waals surface area contributed by atoms with Crippen molar-refractivity contribution in [2.24, 2.45) is 0 Å². The van der Waals surface area contributed by atoms with Crippen LogP contribution in [0.4, 0.5) is 10.5 Å². The van der Waals surface area contributed by atoms with E-state index in [-0.39, 0.29) is 13.0 Å². The maximum absolute atomic E-state index is 11.9. The molecule has 0 saturated carbocycles. The van der Waals surface area contributed by atoms with Crippen molar-refractivity contribution in [3.05, 3.63) is 29.3 Å². The van der Waals surface area contributed by atoms with Crippen molar-refractivity contribution >= 4 is 17.7 Å². The molecule has 4 N–H and O–H groups in total. The van der Waals surface area contributed by atoms with E-state index in [1.165, 1.54) is 0 Å². The number of aliphatic hydroxyl groups is 1. The fourth-order valence-electron chi connectivity index (χ4n) is 1.90. The molecule has 0 aliphatic rings. The van der Waals surface area contributed by atoms with Crippen molar-refractivity contribution in [2.75, 3.05) is 11.9 Å². The van der Waals surface area contributed by atoms with Crippen LogP contribution >= 0.6 is 0 Å². The summed E-state index contributed by atoms with van der Waals surface area (Å²) < 4.78 is 0. The quantitative estimate of drug-likeness (QED) is 0.635. The van der Waals surface area contributed by atoms with Gasteiger partial charge in [0.1, 0.15) is 6.04 Å². The highest BCUT2D eigenvalue weighted by Gasteiger charge is 2.19. The molecule has 20 heavy (non-hydrogen) atoms. The largest absolute Gasteiger partial charge is 0.480 e. The number of amides is 2. The zero-order valence-electron chi connectivity index (χ0n) is 11.6. The van der Waals surface area contributed by atoms with Crippen molar-refractivity contribution in [3.8, 4) is 0 Å². The van der Waals surface area contributed by atoms with Crippen LogP contribution in [0, 0.1) is 6.92 Å². The van der Waals surface area contributed by atoms with Crippen molar-refractivity contribution in [1.29, 1.82) is 0 Å². The summed E-state index contributed by atoms with van der Waals surface area (Å²) in [5.74, 6) is -1.17. The minimum absolute atomic E-state index is 0.0306. The number of hydrogen-bond acceptors (Lipinski definition) is 3. The maximum Gasteiger partial charge on any atom is 0.326 e. The summed E-state index contributed by atoms with van der Waals surface area (Å²) in [6, 6.07) is 3.99. The van der Waals surface area contributed by atoms with E-state index in [0.717, 1.165) is 17.5 Å². The van der Waals surface area contributed by atoms with Crippen LogP contribution in [0.25, 0.3) is 0 Å². The maximum atomic E-state index is 11.9. The van der Waals surface area contributed by atoms with Crippen LogP contribution in [0.2, 0.25) is 0 Å². The molecule has 2 amide bonds. The highest BCUT2D eigenvalue weighted by Crippen LogP contribution is 2.20. The number of para-hydroxylation sites is 1. The second-order valence-corrected chi connectivity index (χ2v) is 4.46. The van der Waals surface area contributed by atoms with Gasteiger partial charge >= 0.3 is 12.0 Å². The van der Waals surface area contributed by atoms with Crippen molar-refractivity contribution in [1.82, 2.24) is 5.32 Å². The molecule has 110 valence electrons. The molecule has 0 aromatic heterocycles. The standard InChI is InChI=1S/C14H20N2O4/c1-3-10-6-4-5-9(2)12(10)16-14(20)15-11(7-8-17)13(18)19/h4-6,11,17H,3,7-8H2,1-2H3,(H,18,19)(H2,15,16,20). The number of rotatable bonds is 6. The Kier molecular flexibility index (Phi) is 5.99. The monoisotopic (exact) mass is 280 g/mol. The summed E-state index contributed by atoms with van der Waals surface area (Å²) >= 11 is 0. The normalized spacial score (nSPS) is 11.8. The molecule has 0 radical (unpaired) electrons. The van der Waals surface area contributed by atoms with Crippen LogP contribution in [-0.4, -0.2) is 34.9 Å². The number of carbonyl (C=O) groups is 2. The number of carbonyl (C=O) groups excluding carboxylic acids is 1. The minimum Gasteiger partial charge on any atom is -0.480 e. The molecule has 0 bridgehead atoms. The van der Waals surface area contributed by atoms with E-state index in [1.54, 1.807) is 0 Å². The number of urea groups is 1. The van der Waals surface area contributed by atoms with E-state index in [1.807, 2.05) is 32.0 Å². The highest BCUT2D eigenvalue weighted by atomic mass is 16.4. The highest BCUT2D eigenvalue weighted by molar-refractivity contribution is 5.93. The fraction of sp³-hybridized carbons (Fsp3) is 0.429. The van der Waals surface area contributed by atoms with E-state index in [0.29, 0.717) is 5.69 Å². The summed E-state index contributed by atoms with van der Waals surface area (Å²) in [5, 5.41) is 22.7. The van der Waals surface area contributed by atoms with Gasteiger partial charge in [-0.15, -0.1) is 0 Å². The Morgan fingerprint density at radius 1 is 1.35 bits per heavy atom. The Labute approximate surface area is 117 Å². The third kappa shape index (κ3) is 4.24. The number of benzene rings is 1. The van der Waals surface area contributed by atoms with E-state index >= 15 is 0 Å². The van der Waals surface area contributed by atoms with E-state index < -0.39 is 18.0 Å². The number of nitrogens with one attached hydrogen (secondary N) is 2. The van der Waals surface area contributed by atoms with Crippen LogP contribution in [0.5, 0.6) is 0 Å². The van der Waals surface area contributed by atoms with Crippen LogP contribution in [0.3, 0.4) is 0 Å². The topological polar surface area (TPSA) is 98.7 Å². The zero-order valence-corrected chi connectivity index (χ0v) is 11.6. The Morgan fingerprint density at radius 3 is 2.60 bits per heavy atom. The smallest absolute Gasteiger partial charge is 0.326 e. The molecule has 6 nitrogen and oxygen atoms in total. The molecule has 1 atom stereocenters. The molecule has 1 aromatic carbocycles. The third-order valence-electron chi connectivity index (χ3n) is 3.00. The first-order valence-electron chi connectivity index (χ1n) is 6.49. The van der Waals surface area contributed by atoms with E-state index in [2.05, 4.69) is 10.6 Å². The van der Waals surface area contributed by atoms with Gasteiger partial charge in [0, 0.05) is 18.7 Å². The number of carboxylic acids is 1. The SMILES string of the molecule is CCc1cccc(C)c1NC(=O)NC(CCO)C(=O)O. The van der Waals surface area contributed by atoms with Gasteiger partial charge in [0.05, 0.1) is 0 Å². The first kappa shape index (κ1) is 16.0. The molecule has 0 aliphatic carbocycles. The second kappa shape index (κ2) is 7.49. The Bertz CT molecular complexity index is 488. The average molecular weight is 280 g/mol. The lowest BCUT2D eigenvalue weighted by Crippen LogP contribution is -2.43. The molecular weight excluding hydrogens is 260 g/mol. The molecule has 1 rings (SSSR count). The van der Waals surface area contributed by atoms with Crippen LogP contribution in [0.1, 0.15) is 24.5 Å².